The number of ether oxygens (including phenoxy) is 1. The highest BCUT2D eigenvalue weighted by atomic mass is 35.5. The van der Waals surface area contributed by atoms with E-state index in [9.17, 15) is 14.9 Å². The van der Waals surface area contributed by atoms with Crippen LogP contribution in [-0.4, -0.2) is 20.6 Å². The molecule has 150 valence electrons. The maximum atomic E-state index is 12.6. The zero-order valence-corrected chi connectivity index (χ0v) is 17.3. The van der Waals surface area contributed by atoms with Gasteiger partial charge in [-0.25, -0.2) is 0 Å². The molecule has 0 spiro atoms. The van der Waals surface area contributed by atoms with Crippen LogP contribution in [0.2, 0.25) is 15.1 Å². The standard InChI is InChI=1S/C18H13Cl3N4O4/c1-9-16(21)17(24(2)23-9)18(26)22-11-6-12(25(27)28)8-13(7-11)29-15-4-3-10(19)5-14(15)20/h3-8H,1-2H3,(H,22,26). The molecule has 29 heavy (non-hydrogen) atoms. The van der Waals surface area contributed by atoms with Gasteiger partial charge in [-0.05, 0) is 25.1 Å². The van der Waals surface area contributed by atoms with E-state index in [-0.39, 0.29) is 38.6 Å². The second-order valence-corrected chi connectivity index (χ2v) is 7.20. The number of nitrogens with zero attached hydrogens (tertiary/aromatic N) is 3. The van der Waals surface area contributed by atoms with Crippen LogP contribution in [0.1, 0.15) is 16.2 Å². The molecular weight excluding hydrogens is 443 g/mol. The quantitative estimate of drug-likeness (QED) is 0.396. The van der Waals surface area contributed by atoms with Crippen molar-refractivity contribution in [1.29, 1.82) is 0 Å². The topological polar surface area (TPSA) is 99.3 Å². The van der Waals surface area contributed by atoms with Crippen molar-refractivity contribution in [3.63, 3.8) is 0 Å². The Balaban J connectivity index is 1.94. The van der Waals surface area contributed by atoms with E-state index in [0.29, 0.717) is 10.7 Å². The van der Waals surface area contributed by atoms with Crippen LogP contribution in [-0.2, 0) is 7.05 Å². The molecule has 0 bridgehead atoms. The number of hydrogen-bond donors (Lipinski definition) is 1. The number of amides is 1. The minimum atomic E-state index is -0.604. The van der Waals surface area contributed by atoms with Gasteiger partial charge in [-0.3, -0.25) is 19.6 Å². The van der Waals surface area contributed by atoms with Crippen LogP contribution in [0.15, 0.2) is 36.4 Å². The van der Waals surface area contributed by atoms with Gasteiger partial charge >= 0.3 is 0 Å². The van der Waals surface area contributed by atoms with E-state index in [4.69, 9.17) is 39.5 Å². The lowest BCUT2D eigenvalue weighted by Crippen LogP contribution is -2.16. The van der Waals surface area contributed by atoms with Gasteiger partial charge in [-0.1, -0.05) is 34.8 Å². The second kappa shape index (κ2) is 8.28. The predicted molar refractivity (Wildman–Crippen MR) is 111 cm³/mol. The molecule has 0 aliphatic rings. The van der Waals surface area contributed by atoms with E-state index in [1.807, 2.05) is 0 Å². The fraction of sp³-hybridized carbons (Fsp3) is 0.111. The average Bonchev–Trinajstić information content (AvgIpc) is 2.89. The molecule has 3 rings (SSSR count). The zero-order valence-electron chi connectivity index (χ0n) is 15.1. The first-order valence-electron chi connectivity index (χ1n) is 8.08. The van der Waals surface area contributed by atoms with Crippen molar-refractivity contribution in [2.24, 2.45) is 7.05 Å². The molecule has 0 atom stereocenters. The predicted octanol–water partition coefficient (Wildman–Crippen LogP) is 5.64. The minimum Gasteiger partial charge on any atom is -0.455 e. The molecule has 3 aromatic rings. The summed E-state index contributed by atoms with van der Waals surface area (Å²) in [5, 5.41) is 18.8. The number of benzene rings is 2. The summed E-state index contributed by atoms with van der Waals surface area (Å²) in [6, 6.07) is 8.40. The smallest absolute Gasteiger partial charge is 0.275 e. The number of nitro benzene ring substituents is 1. The number of nitrogens with one attached hydrogen (secondary N) is 1. The first-order valence-corrected chi connectivity index (χ1v) is 9.22. The Morgan fingerprint density at radius 2 is 1.93 bits per heavy atom. The summed E-state index contributed by atoms with van der Waals surface area (Å²) in [6.07, 6.45) is 0. The maximum Gasteiger partial charge on any atom is 0.275 e. The van der Waals surface area contributed by atoms with E-state index < -0.39 is 10.8 Å². The summed E-state index contributed by atoms with van der Waals surface area (Å²) >= 11 is 18.1. The maximum absolute atomic E-state index is 12.6. The van der Waals surface area contributed by atoms with Crippen molar-refractivity contribution in [1.82, 2.24) is 9.78 Å². The molecule has 0 unspecified atom stereocenters. The van der Waals surface area contributed by atoms with E-state index >= 15 is 0 Å². The molecule has 1 amide bonds. The highest BCUT2D eigenvalue weighted by molar-refractivity contribution is 6.35. The van der Waals surface area contributed by atoms with E-state index in [0.717, 1.165) is 0 Å². The molecular formula is C18H13Cl3N4O4. The summed E-state index contributed by atoms with van der Waals surface area (Å²) < 4.78 is 6.97. The number of aromatic nitrogens is 2. The second-order valence-electron chi connectivity index (χ2n) is 5.98. The molecule has 8 nitrogen and oxygen atoms in total. The Hall–Kier alpha value is -2.81. The number of anilines is 1. The zero-order chi connectivity index (χ0) is 21.3. The SMILES string of the molecule is Cc1nn(C)c(C(=O)Nc2cc(Oc3ccc(Cl)cc3Cl)cc([N+](=O)[O-])c2)c1Cl. The van der Waals surface area contributed by atoms with Crippen molar-refractivity contribution in [2.75, 3.05) is 5.32 Å². The van der Waals surface area contributed by atoms with Crippen molar-refractivity contribution in [2.45, 2.75) is 6.92 Å². The van der Waals surface area contributed by atoms with Crippen molar-refractivity contribution in [3.05, 3.63) is 73.0 Å². The fourth-order valence-electron chi connectivity index (χ4n) is 2.57. The lowest BCUT2D eigenvalue weighted by molar-refractivity contribution is -0.384. The summed E-state index contributed by atoms with van der Waals surface area (Å²) in [7, 11) is 1.57. The third-order valence-corrected chi connectivity index (χ3v) is 4.83. The third-order valence-electron chi connectivity index (χ3n) is 3.85. The number of carbonyl (C=O) groups excluding carboxylic acids is 1. The van der Waals surface area contributed by atoms with Gasteiger partial charge in [0.2, 0.25) is 0 Å². The molecule has 1 N–H and O–H groups in total. The molecule has 11 heteroatoms. The highest BCUT2D eigenvalue weighted by Crippen LogP contribution is 2.35. The molecule has 0 fully saturated rings. The van der Waals surface area contributed by atoms with Gasteiger partial charge in [0.15, 0.2) is 0 Å². The summed E-state index contributed by atoms with van der Waals surface area (Å²) in [4.78, 5) is 23.3. The molecule has 1 heterocycles. The number of non-ortho nitro benzene ring substituents is 1. The molecule has 0 saturated heterocycles. The number of halogens is 3. The molecule has 0 radical (unpaired) electrons. The van der Waals surface area contributed by atoms with Crippen LogP contribution in [0.5, 0.6) is 11.5 Å². The fourth-order valence-corrected chi connectivity index (χ4v) is 3.27. The Morgan fingerprint density at radius 3 is 2.52 bits per heavy atom. The lowest BCUT2D eigenvalue weighted by Gasteiger charge is -2.11. The Morgan fingerprint density at radius 1 is 1.21 bits per heavy atom. The number of carbonyl (C=O) groups is 1. The van der Waals surface area contributed by atoms with Crippen LogP contribution < -0.4 is 10.1 Å². The Labute approximate surface area is 180 Å². The number of nitro groups is 1. The molecule has 0 saturated carbocycles. The molecule has 0 aliphatic heterocycles. The van der Waals surface area contributed by atoms with Gasteiger partial charge in [-0.15, -0.1) is 0 Å². The van der Waals surface area contributed by atoms with Crippen LogP contribution in [0.4, 0.5) is 11.4 Å². The monoisotopic (exact) mass is 454 g/mol. The first-order chi connectivity index (χ1) is 13.7. The molecule has 1 aromatic heterocycles. The van der Waals surface area contributed by atoms with Crippen LogP contribution >= 0.6 is 34.8 Å². The van der Waals surface area contributed by atoms with Crippen LogP contribution in [0.3, 0.4) is 0 Å². The van der Waals surface area contributed by atoms with E-state index in [1.165, 1.54) is 35.0 Å². The van der Waals surface area contributed by atoms with Crippen molar-refractivity contribution < 1.29 is 14.5 Å². The van der Waals surface area contributed by atoms with Gasteiger partial charge < -0.3 is 10.1 Å². The van der Waals surface area contributed by atoms with Crippen LogP contribution in [0.25, 0.3) is 0 Å². The number of hydrogen-bond acceptors (Lipinski definition) is 5. The minimum absolute atomic E-state index is 0.103. The molecule has 0 aliphatic carbocycles. The Kier molecular flexibility index (Phi) is 5.97. The average molecular weight is 456 g/mol. The summed E-state index contributed by atoms with van der Waals surface area (Å²) in [6.45, 7) is 1.66. The Bertz CT molecular complexity index is 1130. The number of aryl methyl sites for hydroxylation is 2. The van der Waals surface area contributed by atoms with Crippen molar-refractivity contribution in [3.8, 4) is 11.5 Å². The third kappa shape index (κ3) is 4.61. The van der Waals surface area contributed by atoms with E-state index in [2.05, 4.69) is 10.4 Å². The largest absolute Gasteiger partial charge is 0.455 e. The van der Waals surface area contributed by atoms with Gasteiger partial charge in [0, 0.05) is 24.2 Å². The molecule has 2 aromatic carbocycles. The number of rotatable bonds is 5. The first kappa shape index (κ1) is 20.9. The van der Waals surface area contributed by atoms with Crippen molar-refractivity contribution >= 4 is 52.1 Å². The van der Waals surface area contributed by atoms with Crippen LogP contribution in [0, 0.1) is 17.0 Å². The van der Waals surface area contributed by atoms with Gasteiger partial charge in [0.05, 0.1) is 32.4 Å². The van der Waals surface area contributed by atoms with Gasteiger partial charge in [-0.2, -0.15) is 5.10 Å². The lowest BCUT2D eigenvalue weighted by atomic mass is 10.2. The van der Waals surface area contributed by atoms with Gasteiger partial charge in [0.25, 0.3) is 11.6 Å². The summed E-state index contributed by atoms with van der Waals surface area (Å²) in [5.41, 5.74) is 0.466. The van der Waals surface area contributed by atoms with E-state index in [1.54, 1.807) is 20.0 Å². The summed E-state index contributed by atoms with van der Waals surface area (Å²) in [5.74, 6) is -0.223. The van der Waals surface area contributed by atoms with Gasteiger partial charge in [0.1, 0.15) is 17.2 Å². The normalized spacial score (nSPS) is 10.7. The highest BCUT2D eigenvalue weighted by Gasteiger charge is 2.20.